The van der Waals surface area contributed by atoms with Crippen molar-refractivity contribution in [3.8, 4) is 0 Å². The molecule has 17 heavy (non-hydrogen) atoms. The molecule has 1 unspecified atom stereocenters. The van der Waals surface area contributed by atoms with Gasteiger partial charge in [-0.05, 0) is 42.1 Å². The van der Waals surface area contributed by atoms with Gasteiger partial charge in [-0.25, -0.2) is 0 Å². The van der Waals surface area contributed by atoms with E-state index < -0.39 is 8.32 Å². The van der Waals surface area contributed by atoms with Crippen molar-refractivity contribution in [2.75, 3.05) is 6.54 Å². The molecule has 0 aromatic rings. The van der Waals surface area contributed by atoms with E-state index in [1.807, 2.05) is 12.3 Å². The monoisotopic (exact) mass is 255 g/mol. The second kappa shape index (κ2) is 6.72. The second-order valence-electron chi connectivity index (χ2n) is 5.93. The fourth-order valence-corrected chi connectivity index (χ4v) is 1.69. The summed E-state index contributed by atoms with van der Waals surface area (Å²) in [5, 5.41) is 3.75. The predicted octanol–water partition coefficient (Wildman–Crippen LogP) is 4.86. The first-order valence-corrected chi connectivity index (χ1v) is 8.97. The van der Waals surface area contributed by atoms with Gasteiger partial charge in [0, 0.05) is 11.5 Å². The molecule has 0 aliphatic heterocycles. The summed E-state index contributed by atoms with van der Waals surface area (Å²) in [7, 11) is -1.68. The Hall–Kier alpha value is -0.933. The van der Waals surface area contributed by atoms with Crippen molar-refractivity contribution in [3.05, 3.63) is 22.8 Å². The molecule has 0 bridgehead atoms. The molecular weight excluding hydrogens is 230 g/mol. The highest BCUT2D eigenvalue weighted by Gasteiger charge is 2.37. The van der Waals surface area contributed by atoms with E-state index in [1.165, 1.54) is 0 Å². The molecule has 98 valence electrons. The lowest BCUT2D eigenvalue weighted by atomic mass is 10.1. The molecule has 1 atom stereocenters. The van der Waals surface area contributed by atoms with Crippen LogP contribution in [-0.4, -0.2) is 14.9 Å². The van der Waals surface area contributed by atoms with Crippen LogP contribution in [0, 0.1) is 5.92 Å². The van der Waals surface area contributed by atoms with Crippen LogP contribution in [0.15, 0.2) is 17.5 Å². The largest absolute Gasteiger partial charge is 0.549 e. The molecule has 0 spiro atoms. The SMILES string of the molecule is CC(/C=C/O[Si](C)(C)C(C)(C)C)CCN=[N+]=[N-]. The zero-order valence-electron chi connectivity index (χ0n) is 11.9. The van der Waals surface area contributed by atoms with Gasteiger partial charge >= 0.3 is 0 Å². The van der Waals surface area contributed by atoms with E-state index in [9.17, 15) is 0 Å². The molecule has 0 N–H and O–H groups in total. The topological polar surface area (TPSA) is 58.0 Å². The van der Waals surface area contributed by atoms with E-state index in [4.69, 9.17) is 9.96 Å². The molecule has 0 heterocycles. The molecule has 0 aromatic heterocycles. The predicted molar refractivity (Wildman–Crippen MR) is 75.2 cm³/mol. The summed E-state index contributed by atoms with van der Waals surface area (Å²) in [6.07, 6.45) is 4.74. The zero-order chi connectivity index (χ0) is 13.5. The number of azide groups is 1. The molecule has 0 aliphatic carbocycles. The Kier molecular flexibility index (Phi) is 6.35. The van der Waals surface area contributed by atoms with Crippen LogP contribution in [0.1, 0.15) is 34.1 Å². The summed E-state index contributed by atoms with van der Waals surface area (Å²) in [4.78, 5) is 2.74. The van der Waals surface area contributed by atoms with Crippen LogP contribution >= 0.6 is 0 Å². The van der Waals surface area contributed by atoms with Crippen molar-refractivity contribution in [2.45, 2.75) is 52.2 Å². The van der Waals surface area contributed by atoms with E-state index in [-0.39, 0.29) is 5.04 Å². The van der Waals surface area contributed by atoms with Gasteiger partial charge in [0.15, 0.2) is 0 Å². The highest BCUT2D eigenvalue weighted by molar-refractivity contribution is 6.74. The van der Waals surface area contributed by atoms with Crippen molar-refractivity contribution >= 4 is 8.32 Å². The Bertz CT molecular complexity index is 301. The summed E-state index contributed by atoms with van der Waals surface area (Å²) >= 11 is 0. The summed E-state index contributed by atoms with van der Waals surface area (Å²) in [5.41, 5.74) is 8.17. The lowest BCUT2D eigenvalue weighted by molar-refractivity contribution is 0.424. The van der Waals surface area contributed by atoms with E-state index in [0.717, 1.165) is 6.42 Å². The van der Waals surface area contributed by atoms with Gasteiger partial charge < -0.3 is 4.43 Å². The third kappa shape index (κ3) is 6.39. The molecule has 5 heteroatoms. The fourth-order valence-electron chi connectivity index (χ4n) is 0.923. The summed E-state index contributed by atoms with van der Waals surface area (Å²) in [5.74, 6) is 0.380. The normalized spacial score (nSPS) is 14.5. The Morgan fingerprint density at radius 3 is 2.47 bits per heavy atom. The first-order valence-electron chi connectivity index (χ1n) is 6.06. The highest BCUT2D eigenvalue weighted by atomic mass is 28.4. The standard InChI is InChI=1S/C12H25N3OSi/c1-11(7-9-14-15-13)8-10-16-17(5,6)12(2,3)4/h8,10-11H,7,9H2,1-6H3/b10-8+. The summed E-state index contributed by atoms with van der Waals surface area (Å²) in [6, 6.07) is 0. The van der Waals surface area contributed by atoms with Gasteiger partial charge in [-0.3, -0.25) is 0 Å². The number of nitrogens with zero attached hydrogens (tertiary/aromatic N) is 3. The molecule has 0 aromatic carbocycles. The van der Waals surface area contributed by atoms with E-state index >= 15 is 0 Å². The van der Waals surface area contributed by atoms with Gasteiger partial charge in [0.25, 0.3) is 0 Å². The van der Waals surface area contributed by atoms with Crippen LogP contribution in [0.4, 0.5) is 0 Å². The average Bonchev–Trinajstić information content (AvgIpc) is 2.16. The fraction of sp³-hybridized carbons (Fsp3) is 0.833. The molecular formula is C12H25N3OSi. The van der Waals surface area contributed by atoms with Gasteiger partial charge in [0.2, 0.25) is 8.32 Å². The van der Waals surface area contributed by atoms with E-state index in [0.29, 0.717) is 12.5 Å². The van der Waals surface area contributed by atoms with Crippen molar-refractivity contribution in [2.24, 2.45) is 11.0 Å². The highest BCUT2D eigenvalue weighted by Crippen LogP contribution is 2.36. The van der Waals surface area contributed by atoms with E-state index in [1.54, 1.807) is 0 Å². The first kappa shape index (κ1) is 16.1. The minimum Gasteiger partial charge on any atom is -0.549 e. The van der Waals surface area contributed by atoms with E-state index in [2.05, 4.69) is 50.8 Å². The first-order chi connectivity index (χ1) is 7.70. The van der Waals surface area contributed by atoms with Crippen LogP contribution in [0.3, 0.4) is 0 Å². The molecule has 0 aliphatic rings. The molecule has 0 saturated heterocycles. The van der Waals surface area contributed by atoms with Crippen molar-refractivity contribution < 1.29 is 4.43 Å². The van der Waals surface area contributed by atoms with Crippen LogP contribution < -0.4 is 0 Å². The maximum Gasteiger partial charge on any atom is 0.249 e. The summed E-state index contributed by atoms with van der Waals surface area (Å²) < 4.78 is 5.93. The van der Waals surface area contributed by atoms with Crippen LogP contribution in [0.25, 0.3) is 10.4 Å². The van der Waals surface area contributed by atoms with Crippen LogP contribution in [-0.2, 0) is 4.43 Å². The van der Waals surface area contributed by atoms with Gasteiger partial charge in [-0.2, -0.15) is 0 Å². The third-order valence-electron chi connectivity index (χ3n) is 3.32. The zero-order valence-corrected chi connectivity index (χ0v) is 12.9. The Labute approximate surface area is 106 Å². The third-order valence-corrected chi connectivity index (χ3v) is 7.66. The minimum atomic E-state index is -1.68. The Morgan fingerprint density at radius 2 is 2.00 bits per heavy atom. The molecule has 0 rings (SSSR count). The average molecular weight is 255 g/mol. The number of hydrogen-bond donors (Lipinski definition) is 0. The second-order valence-corrected chi connectivity index (χ2v) is 10.7. The lowest BCUT2D eigenvalue weighted by Gasteiger charge is -2.35. The smallest absolute Gasteiger partial charge is 0.249 e. The van der Waals surface area contributed by atoms with Gasteiger partial charge in [-0.15, -0.1) is 0 Å². The maximum atomic E-state index is 8.17. The Balaban J connectivity index is 4.14. The lowest BCUT2D eigenvalue weighted by Crippen LogP contribution is -2.39. The van der Waals surface area contributed by atoms with Gasteiger partial charge in [0.05, 0.1) is 6.26 Å². The maximum absolute atomic E-state index is 8.17. The quantitative estimate of drug-likeness (QED) is 0.220. The molecule has 4 nitrogen and oxygen atoms in total. The Morgan fingerprint density at radius 1 is 1.41 bits per heavy atom. The van der Waals surface area contributed by atoms with Crippen molar-refractivity contribution in [1.82, 2.24) is 0 Å². The summed E-state index contributed by atoms with van der Waals surface area (Å²) in [6.45, 7) is 13.7. The van der Waals surface area contributed by atoms with Crippen molar-refractivity contribution in [3.63, 3.8) is 0 Å². The van der Waals surface area contributed by atoms with Gasteiger partial charge in [0.1, 0.15) is 0 Å². The molecule has 0 fully saturated rings. The minimum absolute atomic E-state index is 0.228. The number of rotatable bonds is 6. The van der Waals surface area contributed by atoms with Crippen molar-refractivity contribution in [1.29, 1.82) is 0 Å². The van der Waals surface area contributed by atoms with Gasteiger partial charge in [-0.1, -0.05) is 32.8 Å². The molecule has 0 saturated carbocycles. The molecule has 0 radical (unpaired) electrons. The van der Waals surface area contributed by atoms with Crippen LogP contribution in [0.2, 0.25) is 18.1 Å². The van der Waals surface area contributed by atoms with Crippen LogP contribution in [0.5, 0.6) is 0 Å². The molecule has 0 amide bonds. The number of allylic oxidation sites excluding steroid dienone is 1. The number of hydrogen-bond acceptors (Lipinski definition) is 2.